The number of ketones is 1. The van der Waals surface area contributed by atoms with Crippen molar-refractivity contribution in [1.29, 1.82) is 0 Å². The van der Waals surface area contributed by atoms with Gasteiger partial charge in [-0.25, -0.2) is 0 Å². The first-order valence-electron chi connectivity index (χ1n) is 14.1. The Hall–Kier alpha value is -0.970. The highest BCUT2D eigenvalue weighted by Gasteiger charge is 2.25. The molecular formula is C31H63N3O. The summed E-state index contributed by atoms with van der Waals surface area (Å²) >= 11 is 0. The Morgan fingerprint density at radius 2 is 0.771 bits per heavy atom. The van der Waals surface area contributed by atoms with Crippen LogP contribution >= 0.6 is 0 Å². The standard InChI is InChI=1S/2C9H17N.C6H11NO.C4H10.C3H8/c2*1-7(2)9-5-10(6-9)8(3)4;1-5(2)7-3-6(8)4-7;1-4(2)3;1-3-2/h2*8H,5-6H2,1-4H3;5H,3-4H2,1-2H3;4H,1-3H3;3H2,1-2H3. The second-order valence-corrected chi connectivity index (χ2v) is 12.2. The molecule has 0 radical (unpaired) electrons. The molecule has 0 bridgehead atoms. The van der Waals surface area contributed by atoms with E-state index in [0.29, 0.717) is 24.9 Å². The molecule has 3 aliphatic rings. The van der Waals surface area contributed by atoms with Gasteiger partial charge in [-0.2, -0.15) is 0 Å². The monoisotopic (exact) mass is 493 g/mol. The Kier molecular flexibility index (Phi) is 19.8. The van der Waals surface area contributed by atoms with Crippen LogP contribution < -0.4 is 0 Å². The zero-order valence-electron chi connectivity index (χ0n) is 26.5. The minimum absolute atomic E-state index is 0.374. The zero-order valence-corrected chi connectivity index (χ0v) is 26.5. The van der Waals surface area contributed by atoms with Gasteiger partial charge in [0.15, 0.2) is 5.78 Å². The van der Waals surface area contributed by atoms with Crippen LogP contribution in [0.2, 0.25) is 0 Å². The third-order valence-corrected chi connectivity index (χ3v) is 5.94. The Morgan fingerprint density at radius 1 is 0.571 bits per heavy atom. The minimum Gasteiger partial charge on any atom is -0.297 e. The van der Waals surface area contributed by atoms with E-state index >= 15 is 0 Å². The molecule has 3 aliphatic heterocycles. The first-order chi connectivity index (χ1) is 16.1. The molecule has 0 aliphatic carbocycles. The van der Waals surface area contributed by atoms with Gasteiger partial charge < -0.3 is 0 Å². The van der Waals surface area contributed by atoms with Gasteiger partial charge in [-0.15, -0.1) is 0 Å². The first-order valence-corrected chi connectivity index (χ1v) is 14.1. The molecule has 0 unspecified atom stereocenters. The quantitative estimate of drug-likeness (QED) is 0.381. The molecule has 0 amide bonds. The maximum atomic E-state index is 10.4. The lowest BCUT2D eigenvalue weighted by molar-refractivity contribution is -0.130. The maximum Gasteiger partial charge on any atom is 0.160 e. The summed E-state index contributed by atoms with van der Waals surface area (Å²) < 4.78 is 0. The number of carbonyl (C=O) groups excluding carboxylic acids is 1. The Balaban J connectivity index is 0. The zero-order chi connectivity index (χ0) is 27.9. The molecule has 208 valence electrons. The largest absolute Gasteiger partial charge is 0.297 e. The van der Waals surface area contributed by atoms with Crippen LogP contribution in [0.15, 0.2) is 22.3 Å². The van der Waals surface area contributed by atoms with Gasteiger partial charge in [-0.1, -0.05) is 52.2 Å². The predicted molar refractivity (Wildman–Crippen MR) is 158 cm³/mol. The van der Waals surface area contributed by atoms with E-state index in [1.807, 2.05) is 0 Å². The van der Waals surface area contributed by atoms with Gasteiger partial charge in [0.2, 0.25) is 0 Å². The lowest BCUT2D eigenvalue weighted by Crippen LogP contribution is -2.50. The molecule has 35 heavy (non-hydrogen) atoms. The summed E-state index contributed by atoms with van der Waals surface area (Å²) in [6.07, 6.45) is 1.25. The molecule has 3 saturated heterocycles. The molecule has 0 N–H and O–H groups in total. The number of nitrogens with zero attached hydrogens (tertiary/aromatic N) is 3. The summed E-state index contributed by atoms with van der Waals surface area (Å²) in [6, 6.07) is 2.00. The highest BCUT2D eigenvalue weighted by Crippen LogP contribution is 2.20. The molecule has 3 rings (SSSR count). The average Bonchev–Trinajstić information content (AvgIpc) is 2.56. The molecule has 0 spiro atoms. The average molecular weight is 494 g/mol. The van der Waals surface area contributed by atoms with Crippen molar-refractivity contribution < 1.29 is 4.79 Å². The van der Waals surface area contributed by atoms with Crippen LogP contribution in [0, 0.1) is 5.92 Å². The maximum absolute atomic E-state index is 10.4. The van der Waals surface area contributed by atoms with Crippen LogP contribution in [-0.4, -0.2) is 77.9 Å². The molecule has 0 aromatic carbocycles. The second kappa shape index (κ2) is 19.2. The Bertz CT molecular complexity index is 571. The molecule has 0 atom stereocenters. The number of likely N-dealkylation sites (tertiary alicyclic amines) is 3. The fourth-order valence-corrected chi connectivity index (χ4v) is 3.02. The van der Waals surface area contributed by atoms with Crippen LogP contribution in [0.5, 0.6) is 0 Å². The summed E-state index contributed by atoms with van der Waals surface area (Å²) in [5.41, 5.74) is 6.29. The number of rotatable bonds is 3. The van der Waals surface area contributed by atoms with Crippen molar-refractivity contribution in [3.8, 4) is 0 Å². The summed E-state index contributed by atoms with van der Waals surface area (Å²) in [4.78, 5) is 17.5. The fraction of sp³-hybridized carbons (Fsp3) is 0.839. The lowest BCUT2D eigenvalue weighted by atomic mass is 10.0. The number of allylic oxidation sites excluding steroid dienone is 2. The van der Waals surface area contributed by atoms with Gasteiger partial charge >= 0.3 is 0 Å². The third kappa shape index (κ3) is 17.2. The summed E-state index contributed by atoms with van der Waals surface area (Å²) in [7, 11) is 0. The van der Waals surface area contributed by atoms with E-state index < -0.39 is 0 Å². The highest BCUT2D eigenvalue weighted by atomic mass is 16.1. The van der Waals surface area contributed by atoms with E-state index in [-0.39, 0.29) is 0 Å². The van der Waals surface area contributed by atoms with Crippen LogP contribution in [-0.2, 0) is 4.79 Å². The van der Waals surface area contributed by atoms with Crippen LogP contribution in [0.25, 0.3) is 0 Å². The van der Waals surface area contributed by atoms with Crippen molar-refractivity contribution in [1.82, 2.24) is 14.7 Å². The summed E-state index contributed by atoms with van der Waals surface area (Å²) in [5, 5.41) is 0. The van der Waals surface area contributed by atoms with Gasteiger partial charge in [0.1, 0.15) is 0 Å². The van der Waals surface area contributed by atoms with Gasteiger partial charge in [0.25, 0.3) is 0 Å². The van der Waals surface area contributed by atoms with Crippen LogP contribution in [0.3, 0.4) is 0 Å². The van der Waals surface area contributed by atoms with Crippen molar-refractivity contribution in [3.63, 3.8) is 0 Å². The number of hydrogen-bond acceptors (Lipinski definition) is 4. The molecule has 0 aromatic rings. The highest BCUT2D eigenvalue weighted by molar-refractivity contribution is 5.87. The lowest BCUT2D eigenvalue weighted by Gasteiger charge is -2.38. The number of hydrogen-bond donors (Lipinski definition) is 0. The van der Waals surface area contributed by atoms with E-state index in [1.165, 1.54) is 43.7 Å². The van der Waals surface area contributed by atoms with E-state index in [1.54, 1.807) is 11.1 Å². The Labute approximate surface area is 221 Å². The van der Waals surface area contributed by atoms with Crippen molar-refractivity contribution in [2.24, 2.45) is 5.92 Å². The van der Waals surface area contributed by atoms with Gasteiger partial charge in [0, 0.05) is 44.3 Å². The van der Waals surface area contributed by atoms with Gasteiger partial charge in [-0.05, 0) is 86.3 Å². The summed E-state index contributed by atoms with van der Waals surface area (Å²) in [5.74, 6) is 1.21. The van der Waals surface area contributed by atoms with Crippen molar-refractivity contribution in [3.05, 3.63) is 22.3 Å². The molecule has 3 fully saturated rings. The van der Waals surface area contributed by atoms with Crippen molar-refractivity contribution in [2.75, 3.05) is 39.3 Å². The molecule has 4 nitrogen and oxygen atoms in total. The molecular weight excluding hydrogens is 430 g/mol. The van der Waals surface area contributed by atoms with Crippen LogP contribution in [0.4, 0.5) is 0 Å². The molecule has 4 heteroatoms. The smallest absolute Gasteiger partial charge is 0.160 e. The molecule has 0 aromatic heterocycles. The normalized spacial score (nSPS) is 17.6. The van der Waals surface area contributed by atoms with E-state index in [0.717, 1.165) is 18.0 Å². The SMILES string of the molecule is CC(C)=C1CN(C(C)C)C1.CC(C)=C1CN(C(C)C)C1.CC(C)C.CC(C)N1CC(=O)C1.CCC. The van der Waals surface area contributed by atoms with Crippen molar-refractivity contribution in [2.45, 2.75) is 128 Å². The van der Waals surface area contributed by atoms with Gasteiger partial charge in [-0.3, -0.25) is 19.5 Å². The topological polar surface area (TPSA) is 26.8 Å². The fourth-order valence-electron chi connectivity index (χ4n) is 3.02. The first kappa shape index (κ1) is 36.2. The van der Waals surface area contributed by atoms with E-state index in [4.69, 9.17) is 0 Å². The molecule has 3 heterocycles. The number of carbonyl (C=O) groups is 1. The third-order valence-electron chi connectivity index (χ3n) is 5.94. The van der Waals surface area contributed by atoms with Crippen LogP contribution in [0.1, 0.15) is 110 Å². The minimum atomic E-state index is 0.374. The summed E-state index contributed by atoms with van der Waals surface area (Å²) in [6.45, 7) is 39.0. The predicted octanol–water partition coefficient (Wildman–Crippen LogP) is 7.45. The molecule has 0 saturated carbocycles. The second-order valence-electron chi connectivity index (χ2n) is 12.2. The van der Waals surface area contributed by atoms with Gasteiger partial charge in [0.05, 0.1) is 13.1 Å². The van der Waals surface area contributed by atoms with E-state index in [2.05, 4.69) is 119 Å². The number of Topliss-reactive ketones (excluding diaryl/α,β-unsaturated/α-hetero) is 1. The van der Waals surface area contributed by atoms with Crippen molar-refractivity contribution >= 4 is 5.78 Å². The Morgan fingerprint density at radius 3 is 0.886 bits per heavy atom. The van der Waals surface area contributed by atoms with E-state index in [9.17, 15) is 4.79 Å².